The second-order valence-electron chi connectivity index (χ2n) is 8.33. The second kappa shape index (κ2) is 7.92. The third-order valence-electron chi connectivity index (χ3n) is 6.48. The topological polar surface area (TPSA) is 46.6 Å². The Morgan fingerprint density at radius 3 is 2.40 bits per heavy atom. The van der Waals surface area contributed by atoms with Gasteiger partial charge in [0, 0.05) is 11.9 Å². The first-order valence-corrected chi connectivity index (χ1v) is 11.1. The molecule has 0 aromatic heterocycles. The molecule has 0 spiro atoms. The molecule has 0 radical (unpaired) electrons. The summed E-state index contributed by atoms with van der Waals surface area (Å²) in [4.78, 5) is 28.8. The molecule has 0 saturated heterocycles. The van der Waals surface area contributed by atoms with Gasteiger partial charge in [0.15, 0.2) is 11.5 Å². The minimum Gasteiger partial charge on any atom is -0.483 e. The number of hydrogen-bond donors (Lipinski definition) is 0. The zero-order chi connectivity index (χ0) is 20.7. The zero-order valence-electron chi connectivity index (χ0n) is 16.7. The Morgan fingerprint density at radius 1 is 0.967 bits per heavy atom. The summed E-state index contributed by atoms with van der Waals surface area (Å²) < 4.78 is 6.19. The number of halogens is 1. The highest BCUT2D eigenvalue weighted by Gasteiger charge is 2.52. The molecule has 154 valence electrons. The third-order valence-corrected chi connectivity index (χ3v) is 6.88. The number of Topliss-reactive ketones (excluding diaryl/α,β-unsaturated/α-hetero) is 1. The van der Waals surface area contributed by atoms with Crippen molar-refractivity contribution < 1.29 is 14.3 Å². The maximum Gasteiger partial charge on any atom is 0.290 e. The van der Waals surface area contributed by atoms with E-state index in [9.17, 15) is 9.59 Å². The van der Waals surface area contributed by atoms with E-state index in [2.05, 4.69) is 12.1 Å². The van der Waals surface area contributed by atoms with Crippen LogP contribution < -0.4 is 0 Å². The summed E-state index contributed by atoms with van der Waals surface area (Å²) in [5.41, 5.74) is 2.62. The molecule has 2 aromatic carbocycles. The number of ketones is 1. The fourth-order valence-electron chi connectivity index (χ4n) is 4.97. The van der Waals surface area contributed by atoms with Crippen LogP contribution in [0.2, 0.25) is 0 Å². The van der Waals surface area contributed by atoms with Gasteiger partial charge in [0.25, 0.3) is 5.91 Å². The number of hydrogen-bond acceptors (Lipinski definition) is 3. The molecule has 4 unspecified atom stereocenters. The number of rotatable bonds is 4. The molecule has 2 aliphatic heterocycles. The SMILES string of the molecule is O=C1C2=C(OC3CCC(Cl)CC13)C(=O)N(CCc1ccccc1)C2c1ccccc1. The van der Waals surface area contributed by atoms with Gasteiger partial charge in [0.2, 0.25) is 0 Å². The van der Waals surface area contributed by atoms with Crippen molar-refractivity contribution >= 4 is 23.3 Å². The summed E-state index contributed by atoms with van der Waals surface area (Å²) in [7, 11) is 0. The van der Waals surface area contributed by atoms with Crippen LogP contribution in [0.1, 0.15) is 36.4 Å². The Kier molecular flexibility index (Phi) is 5.11. The number of benzene rings is 2. The van der Waals surface area contributed by atoms with Crippen LogP contribution in [0.4, 0.5) is 0 Å². The molecule has 0 N–H and O–H groups in total. The summed E-state index contributed by atoms with van der Waals surface area (Å²) in [5, 5.41) is -0.0117. The van der Waals surface area contributed by atoms with E-state index in [-0.39, 0.29) is 34.8 Å². The molecular formula is C25H24ClNO3. The summed E-state index contributed by atoms with van der Waals surface area (Å²) in [6, 6.07) is 19.5. The number of ether oxygens (including phenoxy) is 1. The Labute approximate surface area is 181 Å². The van der Waals surface area contributed by atoms with E-state index in [1.807, 2.05) is 48.5 Å². The molecule has 5 heteroatoms. The van der Waals surface area contributed by atoms with E-state index in [1.54, 1.807) is 4.90 Å². The highest BCUT2D eigenvalue weighted by molar-refractivity contribution is 6.21. The van der Waals surface area contributed by atoms with Crippen molar-refractivity contribution in [3.05, 3.63) is 83.1 Å². The molecule has 1 fully saturated rings. The first-order chi connectivity index (χ1) is 14.6. The summed E-state index contributed by atoms with van der Waals surface area (Å²) in [6.07, 6.45) is 2.63. The summed E-state index contributed by atoms with van der Waals surface area (Å²) >= 11 is 6.37. The molecule has 1 saturated carbocycles. The van der Waals surface area contributed by atoms with E-state index in [1.165, 1.54) is 0 Å². The number of carbonyl (C=O) groups excluding carboxylic acids is 2. The average Bonchev–Trinajstić information content (AvgIpc) is 3.06. The maximum atomic E-state index is 13.6. The highest BCUT2D eigenvalue weighted by atomic mass is 35.5. The van der Waals surface area contributed by atoms with Gasteiger partial charge in [-0.25, -0.2) is 0 Å². The van der Waals surface area contributed by atoms with E-state index < -0.39 is 6.04 Å². The second-order valence-corrected chi connectivity index (χ2v) is 8.94. The van der Waals surface area contributed by atoms with Gasteiger partial charge in [-0.2, -0.15) is 0 Å². The smallest absolute Gasteiger partial charge is 0.290 e. The van der Waals surface area contributed by atoms with Gasteiger partial charge in [-0.3, -0.25) is 9.59 Å². The fraction of sp³-hybridized carbons (Fsp3) is 0.360. The van der Waals surface area contributed by atoms with Crippen LogP contribution in [0.15, 0.2) is 72.0 Å². The molecule has 2 heterocycles. The monoisotopic (exact) mass is 421 g/mol. The predicted molar refractivity (Wildman–Crippen MR) is 115 cm³/mol. The van der Waals surface area contributed by atoms with E-state index in [0.717, 1.165) is 24.0 Å². The van der Waals surface area contributed by atoms with Gasteiger partial charge in [0.1, 0.15) is 6.10 Å². The Bertz CT molecular complexity index is 988. The number of amides is 1. The average molecular weight is 422 g/mol. The molecule has 1 aliphatic carbocycles. The van der Waals surface area contributed by atoms with Gasteiger partial charge < -0.3 is 9.64 Å². The van der Waals surface area contributed by atoms with Crippen molar-refractivity contribution in [2.45, 2.75) is 43.2 Å². The standard InChI is InChI=1S/C25H24ClNO3/c26-18-11-12-20-19(15-18)23(28)21-22(17-9-5-2-6-10-17)27(25(29)24(21)30-20)14-13-16-7-3-1-4-8-16/h1-10,18-20,22H,11-15H2. The number of carbonyl (C=O) groups is 2. The number of nitrogens with zero attached hydrogens (tertiary/aromatic N) is 1. The van der Waals surface area contributed by atoms with Crippen molar-refractivity contribution in [2.75, 3.05) is 6.54 Å². The molecule has 2 aromatic rings. The van der Waals surface area contributed by atoms with Gasteiger partial charge in [-0.15, -0.1) is 11.6 Å². The van der Waals surface area contributed by atoms with E-state index >= 15 is 0 Å². The lowest BCUT2D eigenvalue weighted by atomic mass is 9.77. The van der Waals surface area contributed by atoms with E-state index in [4.69, 9.17) is 16.3 Å². The molecule has 1 amide bonds. The molecule has 5 rings (SSSR count). The van der Waals surface area contributed by atoms with Crippen LogP contribution in [0.5, 0.6) is 0 Å². The van der Waals surface area contributed by atoms with Crippen molar-refractivity contribution in [1.29, 1.82) is 0 Å². The van der Waals surface area contributed by atoms with Crippen molar-refractivity contribution in [3.8, 4) is 0 Å². The van der Waals surface area contributed by atoms with Crippen molar-refractivity contribution in [3.63, 3.8) is 0 Å². The van der Waals surface area contributed by atoms with Gasteiger partial charge in [0.05, 0.1) is 17.5 Å². The van der Waals surface area contributed by atoms with Crippen molar-refractivity contribution in [1.82, 2.24) is 4.90 Å². The molecule has 0 bridgehead atoms. The zero-order valence-corrected chi connectivity index (χ0v) is 17.4. The van der Waals surface area contributed by atoms with Crippen molar-refractivity contribution in [2.24, 2.45) is 5.92 Å². The molecule has 3 aliphatic rings. The fourth-order valence-corrected chi connectivity index (χ4v) is 5.29. The lowest BCUT2D eigenvalue weighted by Gasteiger charge is -2.37. The quantitative estimate of drug-likeness (QED) is 0.685. The molecule has 4 nitrogen and oxygen atoms in total. The normalized spacial score (nSPS) is 28.2. The van der Waals surface area contributed by atoms with Crippen LogP contribution in [0.3, 0.4) is 0 Å². The third kappa shape index (κ3) is 3.33. The van der Waals surface area contributed by atoms with Crippen LogP contribution in [-0.2, 0) is 20.7 Å². The van der Waals surface area contributed by atoms with Crippen LogP contribution in [0.25, 0.3) is 0 Å². The highest BCUT2D eigenvalue weighted by Crippen LogP contribution is 2.47. The molecular weight excluding hydrogens is 398 g/mol. The lowest BCUT2D eigenvalue weighted by molar-refractivity contribution is -0.135. The summed E-state index contributed by atoms with van der Waals surface area (Å²) in [6.45, 7) is 0.527. The van der Waals surface area contributed by atoms with Gasteiger partial charge >= 0.3 is 0 Å². The van der Waals surface area contributed by atoms with Crippen LogP contribution in [-0.4, -0.2) is 34.6 Å². The summed E-state index contributed by atoms with van der Waals surface area (Å²) in [5.74, 6) is -0.130. The Morgan fingerprint density at radius 2 is 1.67 bits per heavy atom. The maximum absolute atomic E-state index is 13.6. The predicted octanol–water partition coefficient (Wildman–Crippen LogP) is 4.44. The first kappa shape index (κ1) is 19.4. The van der Waals surface area contributed by atoms with Gasteiger partial charge in [-0.05, 0) is 36.8 Å². The largest absolute Gasteiger partial charge is 0.483 e. The molecule has 4 atom stereocenters. The van der Waals surface area contributed by atoms with Gasteiger partial charge in [-0.1, -0.05) is 60.7 Å². The van der Waals surface area contributed by atoms with Crippen LogP contribution in [0, 0.1) is 5.92 Å². The lowest BCUT2D eigenvalue weighted by Crippen LogP contribution is -2.41. The van der Waals surface area contributed by atoms with E-state index in [0.29, 0.717) is 25.0 Å². The number of alkyl halides is 1. The molecule has 30 heavy (non-hydrogen) atoms. The Hall–Kier alpha value is -2.59. The Balaban J connectivity index is 1.50. The first-order valence-electron chi connectivity index (χ1n) is 10.6. The minimum atomic E-state index is -0.401. The minimum absolute atomic E-state index is 0.0117. The van der Waals surface area contributed by atoms with Crippen LogP contribution >= 0.6 is 11.6 Å². The number of fused-ring (bicyclic) bond motifs is 1.